The summed E-state index contributed by atoms with van der Waals surface area (Å²) >= 11 is 0. The number of methoxy groups -OCH3 is 1. The van der Waals surface area contributed by atoms with E-state index in [0.717, 1.165) is 44.5 Å². The zero-order valence-corrected chi connectivity index (χ0v) is 25.6. The number of amides is 1. The first kappa shape index (κ1) is 32.6. The third-order valence-corrected chi connectivity index (χ3v) is 7.88. The van der Waals surface area contributed by atoms with Crippen molar-refractivity contribution < 1.29 is 32.9 Å². The van der Waals surface area contributed by atoms with E-state index in [1.165, 1.54) is 12.4 Å². The average Bonchev–Trinajstić information content (AvgIpc) is 2.99. The summed E-state index contributed by atoms with van der Waals surface area (Å²) in [4.78, 5) is 37.2. The Kier molecular flexibility index (Phi) is 11.7. The van der Waals surface area contributed by atoms with Crippen LogP contribution in [0.5, 0.6) is 11.8 Å². The number of piperidine rings is 2. The minimum absolute atomic E-state index is 0.0160. The molecule has 0 aliphatic carbocycles. The van der Waals surface area contributed by atoms with Gasteiger partial charge in [-0.15, -0.1) is 0 Å². The van der Waals surface area contributed by atoms with Gasteiger partial charge in [-0.1, -0.05) is 12.1 Å². The van der Waals surface area contributed by atoms with Crippen LogP contribution < -0.4 is 15.2 Å². The molecule has 2 aliphatic heterocycles. The van der Waals surface area contributed by atoms with Crippen LogP contribution >= 0.6 is 0 Å². The lowest BCUT2D eigenvalue weighted by molar-refractivity contribution is -0.136. The summed E-state index contributed by atoms with van der Waals surface area (Å²) in [6.45, 7) is 9.07. The largest absolute Gasteiger partial charge is 0.474 e. The third kappa shape index (κ3) is 9.32. The van der Waals surface area contributed by atoms with Crippen LogP contribution in [0.4, 0.5) is 9.18 Å². The molecule has 0 saturated carbocycles. The minimum atomic E-state index is -1.09. The first-order valence-electron chi connectivity index (χ1n) is 15.1. The molecule has 2 atom stereocenters. The van der Waals surface area contributed by atoms with Crippen molar-refractivity contribution in [2.75, 3.05) is 39.8 Å². The number of hydrogen-bond acceptors (Lipinski definition) is 10. The van der Waals surface area contributed by atoms with Crippen molar-refractivity contribution in [1.29, 1.82) is 0 Å². The number of nitrogens with two attached hydrogens (primary N) is 1. The molecule has 1 aromatic carbocycles. The fraction of sp³-hybridized carbons (Fsp3) is 0.613. The maximum Gasteiger partial charge on any atom is 0.410 e. The fourth-order valence-corrected chi connectivity index (χ4v) is 5.33. The van der Waals surface area contributed by atoms with Gasteiger partial charge in [0.05, 0.1) is 17.8 Å². The smallest absolute Gasteiger partial charge is 0.410 e. The molecule has 2 aliphatic rings. The molecule has 3 heterocycles. The Labute approximate surface area is 252 Å². The van der Waals surface area contributed by atoms with Crippen LogP contribution in [-0.4, -0.2) is 96.0 Å². The number of likely N-dealkylation sites (tertiary alicyclic amines) is 2. The van der Waals surface area contributed by atoms with Crippen molar-refractivity contribution in [3.63, 3.8) is 0 Å². The molecule has 43 heavy (non-hydrogen) atoms. The van der Waals surface area contributed by atoms with Crippen molar-refractivity contribution >= 4 is 12.1 Å². The number of halogens is 1. The molecule has 11 nitrogen and oxygen atoms in total. The van der Waals surface area contributed by atoms with Gasteiger partial charge in [0, 0.05) is 52.6 Å². The Morgan fingerprint density at radius 3 is 2.53 bits per heavy atom. The second-order valence-electron chi connectivity index (χ2n) is 11.6. The Morgan fingerprint density at radius 2 is 1.84 bits per heavy atom. The maximum atomic E-state index is 14.9. The van der Waals surface area contributed by atoms with Gasteiger partial charge in [-0.25, -0.2) is 23.9 Å². The molecule has 0 spiro atoms. The quantitative estimate of drug-likeness (QED) is 0.383. The first-order chi connectivity index (χ1) is 20.6. The monoisotopic (exact) mass is 601 g/mol. The molecule has 0 bridgehead atoms. The molecule has 0 radical (unpaired) electrons. The van der Waals surface area contributed by atoms with Gasteiger partial charge in [0.2, 0.25) is 11.8 Å². The van der Waals surface area contributed by atoms with E-state index in [2.05, 4.69) is 14.9 Å². The zero-order chi connectivity index (χ0) is 30.9. The highest BCUT2D eigenvalue weighted by molar-refractivity contribution is 5.78. The summed E-state index contributed by atoms with van der Waals surface area (Å²) in [5, 5.41) is 0. The number of hydrogen-bond donors (Lipinski definition) is 1. The number of benzene rings is 1. The van der Waals surface area contributed by atoms with Crippen molar-refractivity contribution in [1.82, 2.24) is 19.8 Å². The van der Waals surface area contributed by atoms with Gasteiger partial charge in [0.15, 0.2) is 0 Å². The van der Waals surface area contributed by atoms with Crippen molar-refractivity contribution in [2.45, 2.75) is 83.6 Å². The number of esters is 1. The Bertz CT molecular complexity index is 1240. The molecule has 2 fully saturated rings. The van der Waals surface area contributed by atoms with Crippen LogP contribution in [0.1, 0.15) is 56.2 Å². The molecular weight excluding hydrogens is 557 g/mol. The number of carbonyl (C=O) groups excluding carboxylic acids is 2. The molecule has 0 unspecified atom stereocenters. The van der Waals surface area contributed by atoms with E-state index in [-0.39, 0.29) is 36.7 Å². The lowest BCUT2D eigenvalue weighted by Crippen LogP contribution is -2.42. The normalized spacial score (nSPS) is 18.9. The standard InChI is InChI=1S/C31H44FN5O6/c1-20(2)41-31(39)37-14-10-24(11-15-37)42-28-21(3)29(35-19-34-28)43-30(38)27(33)17-23-8-7-22(16-26(23)32)9-13-36-12-5-6-25(18-36)40-4/h7-8,16,19-20,24-25,27H,5-6,9-15,17-18,33H2,1-4H3/t25-,27+/m1/s1. The summed E-state index contributed by atoms with van der Waals surface area (Å²) in [7, 11) is 1.74. The minimum Gasteiger partial charge on any atom is -0.474 e. The summed E-state index contributed by atoms with van der Waals surface area (Å²) in [5.41, 5.74) is 7.80. The van der Waals surface area contributed by atoms with E-state index in [4.69, 9.17) is 24.7 Å². The first-order valence-corrected chi connectivity index (χ1v) is 15.1. The van der Waals surface area contributed by atoms with E-state index in [1.807, 2.05) is 19.9 Å². The van der Waals surface area contributed by atoms with E-state index in [1.54, 1.807) is 25.0 Å². The highest BCUT2D eigenvalue weighted by Crippen LogP contribution is 2.26. The highest BCUT2D eigenvalue weighted by atomic mass is 19.1. The molecule has 4 rings (SSSR count). The van der Waals surface area contributed by atoms with Gasteiger partial charge >= 0.3 is 12.1 Å². The number of nitrogens with zero attached hydrogens (tertiary/aromatic N) is 4. The summed E-state index contributed by atoms with van der Waals surface area (Å²) in [5.74, 6) is -0.802. The molecule has 1 aromatic heterocycles. The lowest BCUT2D eigenvalue weighted by atomic mass is 10.0. The van der Waals surface area contributed by atoms with Crippen molar-refractivity contribution in [3.05, 3.63) is 47.0 Å². The predicted molar refractivity (Wildman–Crippen MR) is 157 cm³/mol. The van der Waals surface area contributed by atoms with Crippen molar-refractivity contribution in [2.24, 2.45) is 5.73 Å². The van der Waals surface area contributed by atoms with Gasteiger partial charge < -0.3 is 34.5 Å². The van der Waals surface area contributed by atoms with Gasteiger partial charge in [-0.2, -0.15) is 0 Å². The van der Waals surface area contributed by atoms with Crippen LogP contribution in [0.2, 0.25) is 0 Å². The topological polar surface area (TPSA) is 129 Å². The average molecular weight is 602 g/mol. The Morgan fingerprint density at radius 1 is 1.09 bits per heavy atom. The number of rotatable bonds is 11. The molecule has 1 amide bonds. The number of carbonyl (C=O) groups is 2. The summed E-state index contributed by atoms with van der Waals surface area (Å²) < 4.78 is 37.2. The number of ether oxygens (including phenoxy) is 4. The second-order valence-corrected chi connectivity index (χ2v) is 11.6. The van der Waals surface area contributed by atoms with Gasteiger partial charge in [0.1, 0.15) is 24.3 Å². The van der Waals surface area contributed by atoms with E-state index < -0.39 is 17.8 Å². The maximum absolute atomic E-state index is 14.9. The highest BCUT2D eigenvalue weighted by Gasteiger charge is 2.27. The molecule has 236 valence electrons. The third-order valence-electron chi connectivity index (χ3n) is 7.88. The fourth-order valence-electron chi connectivity index (χ4n) is 5.33. The van der Waals surface area contributed by atoms with Gasteiger partial charge in [-0.05, 0) is 63.8 Å². The lowest BCUT2D eigenvalue weighted by Gasteiger charge is -2.31. The second kappa shape index (κ2) is 15.4. The zero-order valence-electron chi connectivity index (χ0n) is 25.6. The van der Waals surface area contributed by atoms with E-state index in [9.17, 15) is 14.0 Å². The Balaban J connectivity index is 1.27. The molecule has 2 aromatic rings. The van der Waals surface area contributed by atoms with Crippen LogP contribution in [0, 0.1) is 12.7 Å². The summed E-state index contributed by atoms with van der Waals surface area (Å²) in [6.07, 6.45) is 4.92. The van der Waals surface area contributed by atoms with Crippen molar-refractivity contribution in [3.8, 4) is 11.8 Å². The number of aromatic nitrogens is 2. The van der Waals surface area contributed by atoms with Crippen LogP contribution in [0.15, 0.2) is 24.5 Å². The van der Waals surface area contributed by atoms with Crippen LogP contribution in [-0.2, 0) is 27.1 Å². The Hall–Kier alpha value is -3.35. The molecule has 2 N–H and O–H groups in total. The molecule has 12 heteroatoms. The summed E-state index contributed by atoms with van der Waals surface area (Å²) in [6, 6.07) is 3.99. The van der Waals surface area contributed by atoms with E-state index >= 15 is 0 Å². The molecular formula is C31H44FN5O6. The van der Waals surface area contributed by atoms with Gasteiger partial charge in [-0.3, -0.25) is 0 Å². The predicted octanol–water partition coefficient (Wildman–Crippen LogP) is 3.44. The van der Waals surface area contributed by atoms with Crippen LogP contribution in [0.3, 0.4) is 0 Å². The van der Waals surface area contributed by atoms with E-state index in [0.29, 0.717) is 42.9 Å². The molecule has 2 saturated heterocycles. The van der Waals surface area contributed by atoms with Crippen LogP contribution in [0.25, 0.3) is 0 Å². The van der Waals surface area contributed by atoms with Gasteiger partial charge in [0.25, 0.3) is 0 Å². The SMILES string of the molecule is CO[C@@H]1CCCN(CCc2ccc(C[C@H](N)C(=O)Oc3ncnc(OC4CCN(C(=O)OC(C)C)CC4)c3C)c(F)c2)C1.